The van der Waals surface area contributed by atoms with E-state index in [0.717, 1.165) is 13.0 Å². The fourth-order valence-corrected chi connectivity index (χ4v) is 2.75. The highest BCUT2D eigenvalue weighted by molar-refractivity contribution is 14.1. The van der Waals surface area contributed by atoms with E-state index in [-0.39, 0.29) is 21.3 Å². The van der Waals surface area contributed by atoms with Crippen molar-refractivity contribution in [1.29, 1.82) is 0 Å². The largest absolute Gasteiger partial charge is 0.305 e. The topological polar surface area (TPSA) is 52.0 Å². The summed E-state index contributed by atoms with van der Waals surface area (Å²) in [4.78, 5) is 0. The predicted molar refractivity (Wildman–Crippen MR) is 67.4 cm³/mol. The zero-order chi connectivity index (χ0) is 10.4. The maximum Gasteiger partial charge on any atom is 0.103 e. The highest BCUT2D eigenvalue weighted by Crippen LogP contribution is 2.16. The van der Waals surface area contributed by atoms with E-state index in [4.69, 9.17) is 0 Å². The van der Waals surface area contributed by atoms with Crippen LogP contribution in [-0.2, 0) is 0 Å². The quantitative estimate of drug-likeness (QED) is 0.456. The van der Waals surface area contributed by atoms with Gasteiger partial charge in [-0.1, -0.05) is 6.92 Å². The summed E-state index contributed by atoms with van der Waals surface area (Å²) in [5, 5.41) is 4.03. The van der Waals surface area contributed by atoms with Crippen LogP contribution < -0.4 is 10.9 Å². The predicted octanol–water partition coefficient (Wildman–Crippen LogP) is 1.25. The zero-order valence-electron chi connectivity index (χ0n) is 8.87. The van der Waals surface area contributed by atoms with Crippen LogP contribution in [0.4, 0.5) is 0 Å². The van der Waals surface area contributed by atoms with E-state index in [1.165, 1.54) is 0 Å². The zero-order valence-corrected chi connectivity index (χ0v) is 11.0. The van der Waals surface area contributed by atoms with E-state index in [1.807, 2.05) is 6.21 Å². The van der Waals surface area contributed by atoms with Gasteiger partial charge in [0, 0.05) is 25.2 Å². The summed E-state index contributed by atoms with van der Waals surface area (Å²) in [5.41, 5.74) is 6.12. The minimum absolute atomic E-state index is 0.251. The maximum absolute atomic E-state index is 4.30. The second-order valence-electron chi connectivity index (χ2n) is 3.22. The summed E-state index contributed by atoms with van der Waals surface area (Å²) in [6.45, 7) is 5.18. The molecule has 1 aliphatic heterocycles. The van der Waals surface area contributed by atoms with Crippen molar-refractivity contribution in [3.05, 3.63) is 0 Å². The number of hydrazone groups is 1. The van der Waals surface area contributed by atoms with Gasteiger partial charge in [-0.3, -0.25) is 0 Å². The first-order chi connectivity index (χ1) is 6.75. The molecule has 1 rings (SSSR count). The molecule has 82 valence electrons. The maximum atomic E-state index is 4.30. The normalized spacial score (nSPS) is 23.9. The number of hydrogen-bond acceptors (Lipinski definition) is 4. The average Bonchev–Trinajstić information content (AvgIpc) is 2.69. The molecular weight excluding hydrogens is 293 g/mol. The first-order valence-corrected chi connectivity index (χ1v) is 6.76. The summed E-state index contributed by atoms with van der Waals surface area (Å²) in [7, 11) is 2.12. The van der Waals surface area contributed by atoms with E-state index >= 15 is 0 Å². The van der Waals surface area contributed by atoms with Gasteiger partial charge in [0.25, 0.3) is 0 Å². The Hall–Kier alpha value is -0.0800. The minimum atomic E-state index is -0.251. The molecule has 0 fully saturated rings. The molecule has 0 aromatic carbocycles. The van der Waals surface area contributed by atoms with Crippen molar-refractivity contribution >= 4 is 27.5 Å². The molecule has 0 spiro atoms. The fraction of sp³-hybridized carbons (Fsp3) is 0.875. The van der Waals surface area contributed by atoms with E-state index in [1.54, 1.807) is 0 Å². The Morgan fingerprint density at radius 1 is 1.86 bits per heavy atom. The van der Waals surface area contributed by atoms with Crippen LogP contribution in [0.2, 0.25) is 0 Å². The lowest BCUT2D eigenvalue weighted by Crippen LogP contribution is -2.39. The Bertz CT molecular complexity index is 210. The SMILES string of the molecule is CCNN=IN(C)[C@@H](C)C1CC=NN1. The van der Waals surface area contributed by atoms with Crippen LogP contribution in [-0.4, -0.2) is 35.0 Å². The molecule has 2 atom stereocenters. The van der Waals surface area contributed by atoms with Gasteiger partial charge < -0.3 is 5.43 Å². The molecule has 0 bridgehead atoms. The highest BCUT2D eigenvalue weighted by atomic mass is 127. The lowest BCUT2D eigenvalue weighted by Gasteiger charge is -2.24. The molecule has 5 nitrogen and oxygen atoms in total. The van der Waals surface area contributed by atoms with Gasteiger partial charge in [0.05, 0.1) is 6.04 Å². The first-order valence-electron chi connectivity index (χ1n) is 4.83. The van der Waals surface area contributed by atoms with Crippen molar-refractivity contribution in [3.8, 4) is 0 Å². The van der Waals surface area contributed by atoms with E-state index < -0.39 is 0 Å². The van der Waals surface area contributed by atoms with Crippen molar-refractivity contribution in [2.75, 3.05) is 13.6 Å². The molecule has 0 aliphatic carbocycles. The second kappa shape index (κ2) is 6.41. The van der Waals surface area contributed by atoms with Crippen LogP contribution in [0.25, 0.3) is 0 Å². The summed E-state index contributed by atoms with van der Waals surface area (Å²) in [6, 6.07) is 0.948. The Labute approximate surface area is 95.8 Å². The van der Waals surface area contributed by atoms with E-state index in [2.05, 4.69) is 43.2 Å². The van der Waals surface area contributed by atoms with Gasteiger partial charge in [0.1, 0.15) is 21.3 Å². The number of halogens is 1. The van der Waals surface area contributed by atoms with Crippen molar-refractivity contribution in [1.82, 2.24) is 14.0 Å². The second-order valence-corrected chi connectivity index (χ2v) is 5.66. The van der Waals surface area contributed by atoms with Crippen LogP contribution in [0, 0.1) is 0 Å². The Kier molecular flexibility index (Phi) is 5.49. The van der Waals surface area contributed by atoms with Crippen LogP contribution in [0.1, 0.15) is 20.3 Å². The van der Waals surface area contributed by atoms with Crippen molar-refractivity contribution < 1.29 is 0 Å². The van der Waals surface area contributed by atoms with Crippen molar-refractivity contribution in [2.45, 2.75) is 32.4 Å². The van der Waals surface area contributed by atoms with Gasteiger partial charge in [-0.05, 0) is 14.0 Å². The number of nitrogens with one attached hydrogen (secondary N) is 2. The third-order valence-corrected chi connectivity index (χ3v) is 4.33. The molecule has 0 aromatic rings. The van der Waals surface area contributed by atoms with Gasteiger partial charge >= 0.3 is 0 Å². The van der Waals surface area contributed by atoms with Gasteiger partial charge in [-0.25, -0.2) is 8.54 Å². The molecule has 6 heteroatoms. The Balaban J connectivity index is 2.31. The number of hydrogen-bond donors (Lipinski definition) is 2. The molecule has 1 heterocycles. The molecule has 1 unspecified atom stereocenters. The average molecular weight is 311 g/mol. The number of likely N-dealkylation sites (N-methyl/N-ethyl adjacent to an activating group) is 1. The molecule has 0 aromatic heterocycles. The third-order valence-electron chi connectivity index (χ3n) is 2.21. The summed E-state index contributed by atoms with van der Waals surface area (Å²) in [5.74, 6) is 0. The van der Waals surface area contributed by atoms with E-state index in [9.17, 15) is 0 Å². The molecule has 0 saturated heterocycles. The molecule has 14 heavy (non-hydrogen) atoms. The van der Waals surface area contributed by atoms with Gasteiger partial charge in [0.15, 0.2) is 0 Å². The molecule has 1 aliphatic rings. The van der Waals surface area contributed by atoms with E-state index in [0.29, 0.717) is 12.1 Å². The lowest BCUT2D eigenvalue weighted by molar-refractivity contribution is 0.364. The molecule has 0 saturated carbocycles. The van der Waals surface area contributed by atoms with Crippen molar-refractivity contribution in [2.24, 2.45) is 8.36 Å². The number of nitrogens with zero attached hydrogens (tertiary/aromatic N) is 3. The van der Waals surface area contributed by atoms with Crippen LogP contribution >= 0.6 is 21.3 Å². The third kappa shape index (κ3) is 3.58. The van der Waals surface area contributed by atoms with Crippen LogP contribution in [0.5, 0.6) is 0 Å². The first kappa shape index (κ1) is 12.0. The fourth-order valence-electron chi connectivity index (χ4n) is 1.14. The van der Waals surface area contributed by atoms with Gasteiger partial charge in [-0.2, -0.15) is 8.36 Å². The Morgan fingerprint density at radius 2 is 2.64 bits per heavy atom. The van der Waals surface area contributed by atoms with Crippen LogP contribution in [0.3, 0.4) is 0 Å². The molecule has 2 N–H and O–H groups in total. The standard InChI is InChI=1S/C8H18IN5/c1-4-10-13-9-14(3)7(2)8-5-6-11-12-8/h6-8,10,12H,4-5H2,1-3H3/t7-,8?/m0/s1. The highest BCUT2D eigenvalue weighted by Gasteiger charge is 2.21. The summed E-state index contributed by atoms with van der Waals surface area (Å²) >= 11 is -0.251. The lowest BCUT2D eigenvalue weighted by atomic mass is 10.1. The monoisotopic (exact) mass is 311 g/mol. The van der Waals surface area contributed by atoms with Gasteiger partial charge in [0.2, 0.25) is 0 Å². The number of rotatable bonds is 5. The molecular formula is C8H18IN5. The smallest absolute Gasteiger partial charge is 0.103 e. The summed E-state index contributed by atoms with van der Waals surface area (Å²) in [6.07, 6.45) is 2.96. The summed E-state index contributed by atoms with van der Waals surface area (Å²) < 4.78 is 6.61. The molecule has 0 radical (unpaired) electrons. The van der Waals surface area contributed by atoms with Crippen molar-refractivity contribution in [3.63, 3.8) is 0 Å². The van der Waals surface area contributed by atoms with Crippen LogP contribution in [0.15, 0.2) is 8.36 Å². The van der Waals surface area contributed by atoms with Gasteiger partial charge in [-0.15, -0.1) is 0 Å². The Morgan fingerprint density at radius 3 is 3.21 bits per heavy atom. The minimum Gasteiger partial charge on any atom is -0.305 e. The molecule has 0 amide bonds.